The lowest BCUT2D eigenvalue weighted by molar-refractivity contribution is 0.102. The summed E-state index contributed by atoms with van der Waals surface area (Å²) in [7, 11) is 1.54. The maximum absolute atomic E-state index is 12.4. The van der Waals surface area contributed by atoms with Crippen molar-refractivity contribution in [1.29, 1.82) is 0 Å². The Morgan fingerprint density at radius 2 is 2.19 bits per heavy atom. The molecule has 0 bridgehead atoms. The van der Waals surface area contributed by atoms with E-state index in [0.29, 0.717) is 17.0 Å². The summed E-state index contributed by atoms with van der Waals surface area (Å²) in [5.41, 5.74) is 2.05. The standard InChI is InChI=1S/C15H12BrN3O2/c1-21-14-7-9(16)5-6-10(14)15(20)18-12-3-2-4-13-11(12)8-17-19-13/h2-8H,1H3,(H,17,19)(H,18,20). The number of ether oxygens (including phenoxy) is 1. The number of hydrogen-bond donors (Lipinski definition) is 2. The van der Waals surface area contributed by atoms with Gasteiger partial charge in [-0.3, -0.25) is 9.89 Å². The first-order chi connectivity index (χ1) is 10.2. The average Bonchev–Trinajstić information content (AvgIpc) is 2.96. The van der Waals surface area contributed by atoms with Crippen LogP contribution in [0.15, 0.2) is 47.1 Å². The van der Waals surface area contributed by atoms with E-state index in [1.807, 2.05) is 18.2 Å². The molecule has 106 valence electrons. The van der Waals surface area contributed by atoms with Crippen LogP contribution >= 0.6 is 15.9 Å². The molecular weight excluding hydrogens is 334 g/mol. The zero-order chi connectivity index (χ0) is 14.8. The molecule has 1 aromatic heterocycles. The molecule has 0 fully saturated rings. The van der Waals surface area contributed by atoms with Gasteiger partial charge in [0.2, 0.25) is 0 Å². The smallest absolute Gasteiger partial charge is 0.259 e. The van der Waals surface area contributed by atoms with Gasteiger partial charge in [-0.2, -0.15) is 5.10 Å². The molecule has 0 radical (unpaired) electrons. The number of nitrogens with zero attached hydrogens (tertiary/aromatic N) is 1. The summed E-state index contributed by atoms with van der Waals surface area (Å²) in [4.78, 5) is 12.4. The number of carbonyl (C=O) groups is 1. The van der Waals surface area contributed by atoms with Gasteiger partial charge in [0.1, 0.15) is 5.75 Å². The first-order valence-electron chi connectivity index (χ1n) is 6.26. The van der Waals surface area contributed by atoms with Crippen LogP contribution in [0.1, 0.15) is 10.4 Å². The monoisotopic (exact) mass is 345 g/mol. The predicted octanol–water partition coefficient (Wildman–Crippen LogP) is 3.59. The molecule has 5 nitrogen and oxygen atoms in total. The minimum Gasteiger partial charge on any atom is -0.496 e. The van der Waals surface area contributed by atoms with E-state index in [2.05, 4.69) is 31.4 Å². The molecule has 21 heavy (non-hydrogen) atoms. The van der Waals surface area contributed by atoms with Crippen LogP contribution in [-0.2, 0) is 0 Å². The largest absolute Gasteiger partial charge is 0.496 e. The lowest BCUT2D eigenvalue weighted by Gasteiger charge is -2.10. The molecule has 3 aromatic rings. The predicted molar refractivity (Wildman–Crippen MR) is 84.7 cm³/mol. The van der Waals surface area contributed by atoms with E-state index in [9.17, 15) is 4.79 Å². The second-order valence-corrected chi connectivity index (χ2v) is 5.35. The third kappa shape index (κ3) is 2.62. The van der Waals surface area contributed by atoms with Crippen molar-refractivity contribution in [2.75, 3.05) is 12.4 Å². The number of fused-ring (bicyclic) bond motifs is 1. The number of nitrogens with one attached hydrogen (secondary N) is 2. The number of carbonyl (C=O) groups excluding carboxylic acids is 1. The zero-order valence-electron chi connectivity index (χ0n) is 11.2. The fourth-order valence-corrected chi connectivity index (χ4v) is 2.46. The van der Waals surface area contributed by atoms with Crippen LogP contribution in [0, 0.1) is 0 Å². The summed E-state index contributed by atoms with van der Waals surface area (Å²) in [5.74, 6) is 0.286. The van der Waals surface area contributed by atoms with Crippen molar-refractivity contribution in [2.45, 2.75) is 0 Å². The molecule has 6 heteroatoms. The van der Waals surface area contributed by atoms with E-state index in [1.54, 1.807) is 24.4 Å². The van der Waals surface area contributed by atoms with E-state index in [1.165, 1.54) is 7.11 Å². The van der Waals surface area contributed by atoms with E-state index in [-0.39, 0.29) is 5.91 Å². The summed E-state index contributed by atoms with van der Waals surface area (Å²) in [6.45, 7) is 0. The third-order valence-corrected chi connectivity index (χ3v) is 3.63. The molecule has 2 aromatic carbocycles. The van der Waals surface area contributed by atoms with Crippen molar-refractivity contribution in [3.63, 3.8) is 0 Å². The number of methoxy groups -OCH3 is 1. The Balaban J connectivity index is 1.95. The number of aromatic nitrogens is 2. The van der Waals surface area contributed by atoms with E-state index < -0.39 is 0 Å². The summed E-state index contributed by atoms with van der Waals surface area (Å²) >= 11 is 3.36. The number of amides is 1. The number of anilines is 1. The second-order valence-electron chi connectivity index (χ2n) is 4.44. The highest BCUT2D eigenvalue weighted by atomic mass is 79.9. The summed E-state index contributed by atoms with van der Waals surface area (Å²) < 4.78 is 6.10. The number of H-pyrrole nitrogens is 1. The van der Waals surface area contributed by atoms with Crippen molar-refractivity contribution in [2.24, 2.45) is 0 Å². The Hall–Kier alpha value is -2.34. The molecule has 0 aliphatic rings. The minimum absolute atomic E-state index is 0.229. The highest BCUT2D eigenvalue weighted by Crippen LogP contribution is 2.26. The topological polar surface area (TPSA) is 67.0 Å². The quantitative estimate of drug-likeness (QED) is 0.762. The molecule has 0 saturated carbocycles. The van der Waals surface area contributed by atoms with Crippen molar-refractivity contribution >= 4 is 38.4 Å². The number of hydrogen-bond acceptors (Lipinski definition) is 3. The van der Waals surface area contributed by atoms with Gasteiger partial charge in [0.25, 0.3) is 5.91 Å². The lowest BCUT2D eigenvalue weighted by atomic mass is 10.1. The Morgan fingerprint density at radius 1 is 1.33 bits per heavy atom. The SMILES string of the molecule is COc1cc(Br)ccc1C(=O)Nc1cccc2[nH]ncc12. The highest BCUT2D eigenvalue weighted by Gasteiger charge is 2.14. The van der Waals surface area contributed by atoms with E-state index >= 15 is 0 Å². The maximum atomic E-state index is 12.4. The molecule has 0 aliphatic carbocycles. The summed E-state index contributed by atoms with van der Waals surface area (Å²) in [6.07, 6.45) is 1.68. The van der Waals surface area contributed by atoms with Crippen LogP contribution in [0.25, 0.3) is 10.9 Å². The molecule has 0 aliphatic heterocycles. The van der Waals surface area contributed by atoms with Gasteiger partial charge in [-0.15, -0.1) is 0 Å². The van der Waals surface area contributed by atoms with E-state index in [0.717, 1.165) is 15.4 Å². The molecule has 0 atom stereocenters. The van der Waals surface area contributed by atoms with Crippen LogP contribution in [-0.4, -0.2) is 23.2 Å². The van der Waals surface area contributed by atoms with E-state index in [4.69, 9.17) is 4.74 Å². The molecule has 2 N–H and O–H groups in total. The van der Waals surface area contributed by atoms with Crippen molar-refractivity contribution in [1.82, 2.24) is 10.2 Å². The number of halogens is 1. The van der Waals surface area contributed by atoms with Crippen LogP contribution in [0.4, 0.5) is 5.69 Å². The molecule has 1 heterocycles. The molecule has 0 unspecified atom stereocenters. The fourth-order valence-electron chi connectivity index (χ4n) is 2.12. The van der Waals surface area contributed by atoms with Crippen LogP contribution < -0.4 is 10.1 Å². The minimum atomic E-state index is -0.229. The Morgan fingerprint density at radius 3 is 3.00 bits per heavy atom. The summed E-state index contributed by atoms with van der Waals surface area (Å²) in [6, 6.07) is 10.9. The Labute approximate surface area is 129 Å². The second kappa shape index (κ2) is 5.57. The number of aromatic amines is 1. The van der Waals surface area contributed by atoms with Gasteiger partial charge in [0.15, 0.2) is 0 Å². The van der Waals surface area contributed by atoms with Crippen LogP contribution in [0.5, 0.6) is 5.75 Å². The van der Waals surface area contributed by atoms with Crippen LogP contribution in [0.2, 0.25) is 0 Å². The number of benzene rings is 2. The van der Waals surface area contributed by atoms with Crippen molar-refractivity contribution in [3.05, 3.63) is 52.6 Å². The first kappa shape index (κ1) is 13.6. The maximum Gasteiger partial charge on any atom is 0.259 e. The third-order valence-electron chi connectivity index (χ3n) is 3.14. The number of rotatable bonds is 3. The van der Waals surface area contributed by atoms with Crippen molar-refractivity contribution in [3.8, 4) is 5.75 Å². The van der Waals surface area contributed by atoms with Crippen molar-refractivity contribution < 1.29 is 9.53 Å². The lowest BCUT2D eigenvalue weighted by Crippen LogP contribution is -2.13. The average molecular weight is 346 g/mol. The Bertz CT molecular complexity index is 814. The molecule has 0 spiro atoms. The van der Waals surface area contributed by atoms with Gasteiger partial charge in [-0.05, 0) is 30.3 Å². The van der Waals surface area contributed by atoms with Gasteiger partial charge < -0.3 is 10.1 Å². The van der Waals surface area contributed by atoms with Gasteiger partial charge in [0, 0.05) is 9.86 Å². The fraction of sp³-hybridized carbons (Fsp3) is 0.0667. The van der Waals surface area contributed by atoms with Gasteiger partial charge >= 0.3 is 0 Å². The molecule has 3 rings (SSSR count). The normalized spacial score (nSPS) is 10.6. The Kier molecular flexibility index (Phi) is 3.62. The van der Waals surface area contributed by atoms with Gasteiger partial charge in [-0.25, -0.2) is 0 Å². The molecular formula is C15H12BrN3O2. The van der Waals surface area contributed by atoms with Gasteiger partial charge in [0.05, 0.1) is 30.1 Å². The zero-order valence-corrected chi connectivity index (χ0v) is 12.8. The van der Waals surface area contributed by atoms with Gasteiger partial charge in [-0.1, -0.05) is 22.0 Å². The van der Waals surface area contributed by atoms with Crippen LogP contribution in [0.3, 0.4) is 0 Å². The molecule has 1 amide bonds. The summed E-state index contributed by atoms with van der Waals surface area (Å²) in [5, 5.41) is 10.6. The highest BCUT2D eigenvalue weighted by molar-refractivity contribution is 9.10. The first-order valence-corrected chi connectivity index (χ1v) is 7.05. The molecule has 0 saturated heterocycles.